The number of aliphatic hydroxyl groups is 4. The highest BCUT2D eigenvalue weighted by Gasteiger charge is 2.45. The number of aromatic nitrogens is 1. The molecule has 1 aromatic heterocycles. The molecule has 2 amide bonds. The number of carbonyl (C=O) groups excluding carboxylic acids is 2. The summed E-state index contributed by atoms with van der Waals surface area (Å²) in [5.74, 6) is -1.32. The Morgan fingerprint density at radius 2 is 1.91 bits per heavy atom. The number of nitrogens with zero attached hydrogens (tertiary/aromatic N) is 3. The number of likely N-dealkylation sites (tertiary alicyclic amines) is 1. The Balaban J connectivity index is 1.39. The molecule has 3 saturated heterocycles. The highest BCUT2D eigenvalue weighted by molar-refractivity contribution is 6.00. The average molecular weight is 605 g/mol. The molecule has 2 aromatic rings. The molecule has 1 aliphatic carbocycles. The fraction of sp³-hybridized carbons (Fsp3) is 0.621. The lowest BCUT2D eigenvalue weighted by molar-refractivity contribution is -0.252. The van der Waals surface area contributed by atoms with E-state index in [9.17, 15) is 34.8 Å². The van der Waals surface area contributed by atoms with Crippen LogP contribution >= 0.6 is 0 Å². The molecule has 4 heterocycles. The van der Waals surface area contributed by atoms with E-state index in [0.29, 0.717) is 25.2 Å². The molecule has 0 radical (unpaired) electrons. The molecule has 4 fully saturated rings. The molecule has 1 unspecified atom stereocenters. The Morgan fingerprint density at radius 1 is 1.16 bits per heavy atom. The van der Waals surface area contributed by atoms with Gasteiger partial charge in [0.25, 0.3) is 5.91 Å². The molecule has 234 valence electrons. The minimum absolute atomic E-state index is 0.0153. The van der Waals surface area contributed by atoms with Crippen LogP contribution in [0.4, 0.5) is 10.1 Å². The molecule has 13 nitrogen and oxygen atoms in total. The van der Waals surface area contributed by atoms with E-state index < -0.39 is 54.4 Å². The van der Waals surface area contributed by atoms with Gasteiger partial charge in [0.1, 0.15) is 35.6 Å². The number of piperidine rings is 1. The summed E-state index contributed by atoms with van der Waals surface area (Å²) < 4.78 is 28.6. The van der Waals surface area contributed by atoms with Crippen LogP contribution in [0.1, 0.15) is 49.0 Å². The first-order valence-corrected chi connectivity index (χ1v) is 14.6. The van der Waals surface area contributed by atoms with Gasteiger partial charge in [-0.25, -0.2) is 4.39 Å². The number of amides is 2. The van der Waals surface area contributed by atoms with Gasteiger partial charge in [0.15, 0.2) is 17.9 Å². The van der Waals surface area contributed by atoms with Crippen LogP contribution in [0.15, 0.2) is 17.1 Å². The van der Waals surface area contributed by atoms with Crippen molar-refractivity contribution >= 4 is 28.4 Å². The standard InChI is InChI=1S/C29H37FN4O9/c1-13(36)33-7-3-4-14-9-32(11-19(14)33)23-18(30)8-16-22(27(23)42-2)34(15-5-6-15)10-17(24(16)37)28(40)31-21-26(39)25(38)20(12-35)43-29(21)41/h8,10,14-15,19-21,25-26,29,35,38-39,41H,3-7,9,11-12H2,1-2H3,(H,31,40)/t14-,19+,20+,21+,25+,26+,29?/m0/s1. The molecule has 7 atom stereocenters. The third-order valence-corrected chi connectivity index (χ3v) is 9.29. The minimum Gasteiger partial charge on any atom is -0.492 e. The van der Waals surface area contributed by atoms with Crippen molar-refractivity contribution in [3.05, 3.63) is 33.9 Å². The third-order valence-electron chi connectivity index (χ3n) is 9.29. The van der Waals surface area contributed by atoms with Crippen molar-refractivity contribution in [3.63, 3.8) is 0 Å². The zero-order valence-electron chi connectivity index (χ0n) is 24.0. The summed E-state index contributed by atoms with van der Waals surface area (Å²) >= 11 is 0. The number of fused-ring (bicyclic) bond motifs is 2. The Morgan fingerprint density at radius 3 is 2.56 bits per heavy atom. The smallest absolute Gasteiger partial charge is 0.257 e. The highest BCUT2D eigenvalue weighted by Crippen LogP contribution is 2.45. The molecular formula is C29H37FN4O9. The van der Waals surface area contributed by atoms with Gasteiger partial charge in [0.2, 0.25) is 11.3 Å². The molecular weight excluding hydrogens is 567 g/mol. The largest absolute Gasteiger partial charge is 0.492 e. The average Bonchev–Trinajstić information content (AvgIpc) is 3.74. The van der Waals surface area contributed by atoms with Crippen LogP contribution in [0, 0.1) is 11.7 Å². The lowest BCUT2D eigenvalue weighted by Crippen LogP contribution is -2.64. The summed E-state index contributed by atoms with van der Waals surface area (Å²) in [6, 6.07) is -0.517. The zero-order chi connectivity index (χ0) is 30.7. The maximum atomic E-state index is 16.0. The van der Waals surface area contributed by atoms with Crippen LogP contribution < -0.4 is 20.4 Å². The van der Waals surface area contributed by atoms with Crippen molar-refractivity contribution < 1.29 is 43.9 Å². The highest BCUT2D eigenvalue weighted by atomic mass is 19.1. The van der Waals surface area contributed by atoms with E-state index in [4.69, 9.17) is 9.47 Å². The van der Waals surface area contributed by atoms with Crippen LogP contribution in [-0.2, 0) is 9.53 Å². The van der Waals surface area contributed by atoms with Gasteiger partial charge in [-0.05, 0) is 37.7 Å². The van der Waals surface area contributed by atoms with E-state index in [2.05, 4.69) is 5.32 Å². The number of benzene rings is 1. The second-order valence-electron chi connectivity index (χ2n) is 12.0. The number of hydrogen-bond acceptors (Lipinski definition) is 10. The second kappa shape index (κ2) is 11.3. The fourth-order valence-corrected chi connectivity index (χ4v) is 6.97. The Labute approximate surface area is 246 Å². The molecule has 3 aliphatic heterocycles. The zero-order valence-corrected chi connectivity index (χ0v) is 24.0. The number of hydrogen-bond donors (Lipinski definition) is 5. The number of pyridine rings is 1. The van der Waals surface area contributed by atoms with Gasteiger partial charge < -0.3 is 49.6 Å². The van der Waals surface area contributed by atoms with E-state index in [0.717, 1.165) is 31.7 Å². The molecule has 6 rings (SSSR count). The number of rotatable bonds is 6. The van der Waals surface area contributed by atoms with Crippen LogP contribution in [0.3, 0.4) is 0 Å². The first kappa shape index (κ1) is 29.8. The molecule has 43 heavy (non-hydrogen) atoms. The van der Waals surface area contributed by atoms with Crippen molar-refractivity contribution in [3.8, 4) is 5.75 Å². The summed E-state index contributed by atoms with van der Waals surface area (Å²) in [6.07, 6.45) is -1.64. The van der Waals surface area contributed by atoms with Gasteiger partial charge in [-0.1, -0.05) is 0 Å². The molecule has 1 aromatic carbocycles. The maximum absolute atomic E-state index is 16.0. The van der Waals surface area contributed by atoms with Gasteiger partial charge in [0.05, 0.1) is 30.7 Å². The quantitative estimate of drug-likeness (QED) is 0.288. The van der Waals surface area contributed by atoms with Gasteiger partial charge in [-0.2, -0.15) is 0 Å². The van der Waals surface area contributed by atoms with Crippen molar-refractivity contribution in [2.24, 2.45) is 5.92 Å². The SMILES string of the molecule is COc1c(N2C[C@@H]3CCCN(C(C)=O)[C@@H]3C2)c(F)cc2c(=O)c(C(=O)N[C@H]3C(O)O[C@H](CO)[C@@H](O)[C@@H]3O)cn(C3CC3)c12. The number of halogens is 1. The van der Waals surface area contributed by atoms with Crippen molar-refractivity contribution in [2.45, 2.75) is 75.3 Å². The molecule has 14 heteroatoms. The summed E-state index contributed by atoms with van der Waals surface area (Å²) in [5.41, 5.74) is -0.572. The number of anilines is 1. The number of nitrogens with one attached hydrogen (secondary N) is 1. The summed E-state index contributed by atoms with van der Waals surface area (Å²) in [5, 5.41) is 42.6. The van der Waals surface area contributed by atoms with E-state index in [1.807, 2.05) is 9.80 Å². The van der Waals surface area contributed by atoms with Gasteiger partial charge in [-0.15, -0.1) is 0 Å². The fourth-order valence-electron chi connectivity index (χ4n) is 6.97. The summed E-state index contributed by atoms with van der Waals surface area (Å²) in [7, 11) is 1.40. The van der Waals surface area contributed by atoms with Crippen molar-refractivity contribution in [2.75, 3.05) is 38.3 Å². The lowest BCUT2D eigenvalue weighted by atomic mass is 9.92. The van der Waals surface area contributed by atoms with Gasteiger partial charge in [0, 0.05) is 38.8 Å². The van der Waals surface area contributed by atoms with Crippen LogP contribution in [0.5, 0.6) is 5.75 Å². The van der Waals surface area contributed by atoms with Crippen LogP contribution in [-0.4, -0.2) is 112 Å². The maximum Gasteiger partial charge on any atom is 0.257 e. The minimum atomic E-state index is -1.77. The van der Waals surface area contributed by atoms with Gasteiger partial charge in [-0.3, -0.25) is 14.4 Å². The van der Waals surface area contributed by atoms with E-state index in [-0.39, 0.29) is 46.3 Å². The monoisotopic (exact) mass is 604 g/mol. The van der Waals surface area contributed by atoms with E-state index in [1.54, 1.807) is 11.5 Å². The summed E-state index contributed by atoms with van der Waals surface area (Å²) in [4.78, 5) is 43.1. The van der Waals surface area contributed by atoms with E-state index >= 15 is 4.39 Å². The van der Waals surface area contributed by atoms with Crippen molar-refractivity contribution in [1.29, 1.82) is 0 Å². The molecule has 1 saturated carbocycles. The van der Waals surface area contributed by atoms with E-state index in [1.165, 1.54) is 13.3 Å². The molecule has 0 bridgehead atoms. The first-order chi connectivity index (χ1) is 20.5. The molecule has 5 N–H and O–H groups in total. The Kier molecular flexibility index (Phi) is 7.84. The normalized spacial score (nSPS) is 30.8. The van der Waals surface area contributed by atoms with Gasteiger partial charge >= 0.3 is 0 Å². The third kappa shape index (κ3) is 5.04. The topological polar surface area (TPSA) is 174 Å². The number of aliphatic hydroxyl groups excluding tert-OH is 4. The predicted octanol–water partition coefficient (Wildman–Crippen LogP) is -0.539. The first-order valence-electron chi connectivity index (χ1n) is 14.6. The number of ether oxygens (including phenoxy) is 2. The van der Waals surface area contributed by atoms with Crippen LogP contribution in [0.2, 0.25) is 0 Å². The lowest BCUT2D eigenvalue weighted by Gasteiger charge is -2.40. The molecule has 4 aliphatic rings. The van der Waals surface area contributed by atoms with Crippen LogP contribution in [0.25, 0.3) is 10.9 Å². The summed E-state index contributed by atoms with van der Waals surface area (Å²) in [6.45, 7) is 2.49. The number of methoxy groups -OCH3 is 1. The second-order valence-corrected chi connectivity index (χ2v) is 12.0. The molecule has 0 spiro atoms. The Hall–Kier alpha value is -3.30. The Bertz CT molecular complexity index is 1500. The van der Waals surface area contributed by atoms with Crippen molar-refractivity contribution in [1.82, 2.24) is 14.8 Å². The number of carbonyl (C=O) groups is 2. The predicted molar refractivity (Wildman–Crippen MR) is 150 cm³/mol.